The van der Waals surface area contributed by atoms with E-state index in [9.17, 15) is 19.8 Å². The molecule has 0 aromatic rings. The summed E-state index contributed by atoms with van der Waals surface area (Å²) >= 11 is 0. The van der Waals surface area contributed by atoms with Gasteiger partial charge in [0.25, 0.3) is 0 Å². The molecule has 65 heavy (non-hydrogen) atoms. The topological polar surface area (TPSA) is 95.9 Å². The lowest BCUT2D eigenvalue weighted by Crippen LogP contribution is -2.46. The number of carbonyl (C=O) groups is 2. The van der Waals surface area contributed by atoms with Crippen molar-refractivity contribution in [1.29, 1.82) is 0 Å². The van der Waals surface area contributed by atoms with Gasteiger partial charge in [0.05, 0.1) is 25.2 Å². The Balaban J connectivity index is 4.80. The number of amides is 1. The summed E-state index contributed by atoms with van der Waals surface area (Å²) in [5, 5.41) is 23.8. The Morgan fingerprint density at radius 3 is 1.35 bits per heavy atom. The van der Waals surface area contributed by atoms with Gasteiger partial charge in [0.2, 0.25) is 5.91 Å². The lowest BCUT2D eigenvalue weighted by molar-refractivity contribution is -0.151. The number of aliphatic hydroxyl groups excluding tert-OH is 2. The molecule has 6 nitrogen and oxygen atoms in total. The molecule has 0 radical (unpaired) electrons. The molecule has 0 aliphatic carbocycles. The summed E-state index contributed by atoms with van der Waals surface area (Å²) in [5.74, 6) is -0.592. The van der Waals surface area contributed by atoms with E-state index in [0.29, 0.717) is 19.3 Å². The van der Waals surface area contributed by atoms with Crippen LogP contribution in [0.1, 0.15) is 201 Å². The summed E-state index contributed by atoms with van der Waals surface area (Å²) in [6.45, 7) is 6.21. The fourth-order valence-corrected chi connectivity index (χ4v) is 7.08. The summed E-state index contributed by atoms with van der Waals surface area (Å²) in [4.78, 5) is 26.2. The summed E-state index contributed by atoms with van der Waals surface area (Å²) in [5.41, 5.74) is 0. The molecule has 1 amide bonds. The molecule has 0 fully saturated rings. The Kier molecular flexibility index (Phi) is 47.9. The molecule has 0 saturated carbocycles. The number of carbonyl (C=O) groups excluding carboxylic acids is 2. The quantitative estimate of drug-likeness (QED) is 0.0322. The minimum atomic E-state index is -0.822. The van der Waals surface area contributed by atoms with Gasteiger partial charge in [0.1, 0.15) is 6.10 Å². The van der Waals surface area contributed by atoms with E-state index in [1.807, 2.05) is 85.1 Å². The summed E-state index contributed by atoms with van der Waals surface area (Å²) in [7, 11) is 0. The lowest BCUT2D eigenvalue weighted by atomic mass is 10.0. The average Bonchev–Trinajstić information content (AvgIpc) is 3.30. The van der Waals surface area contributed by atoms with Crippen LogP contribution in [0.15, 0.2) is 134 Å². The smallest absolute Gasteiger partial charge is 0.306 e. The van der Waals surface area contributed by atoms with Crippen LogP contribution in [0.4, 0.5) is 0 Å². The van der Waals surface area contributed by atoms with Crippen LogP contribution in [0, 0.1) is 0 Å². The molecule has 0 aromatic carbocycles. The number of ether oxygens (including phenoxy) is 1. The van der Waals surface area contributed by atoms with Crippen molar-refractivity contribution in [3.8, 4) is 0 Å². The fraction of sp³-hybridized carbons (Fsp3) is 0.593. The van der Waals surface area contributed by atoms with Crippen LogP contribution >= 0.6 is 0 Å². The van der Waals surface area contributed by atoms with Crippen molar-refractivity contribution < 1.29 is 24.5 Å². The van der Waals surface area contributed by atoms with Gasteiger partial charge in [-0.1, -0.05) is 264 Å². The van der Waals surface area contributed by atoms with Gasteiger partial charge in [-0.05, 0) is 57.8 Å². The van der Waals surface area contributed by atoms with Crippen LogP contribution in [0.25, 0.3) is 0 Å². The minimum Gasteiger partial charge on any atom is -0.462 e. The van der Waals surface area contributed by atoms with Crippen LogP contribution in [0.3, 0.4) is 0 Å². The van der Waals surface area contributed by atoms with Crippen molar-refractivity contribution in [3.63, 3.8) is 0 Å². The first kappa shape index (κ1) is 61.0. The Morgan fingerprint density at radius 2 is 0.877 bits per heavy atom. The molecule has 6 heteroatoms. The van der Waals surface area contributed by atoms with Gasteiger partial charge in [0, 0.05) is 6.42 Å². The molecule has 0 rings (SSSR count). The largest absolute Gasteiger partial charge is 0.462 e. The van der Waals surface area contributed by atoms with Crippen LogP contribution in [0.5, 0.6) is 0 Å². The number of esters is 1. The number of unbranched alkanes of at least 4 members (excludes halogenated alkanes) is 19. The maximum absolute atomic E-state index is 13.2. The van der Waals surface area contributed by atoms with E-state index in [4.69, 9.17) is 4.74 Å². The molecule has 366 valence electrons. The normalized spacial score (nSPS) is 14.4. The van der Waals surface area contributed by atoms with Gasteiger partial charge < -0.3 is 20.3 Å². The zero-order chi connectivity index (χ0) is 47.4. The minimum absolute atomic E-state index is 0.00642. The molecular weight excluding hydrogens is 803 g/mol. The molecule has 0 aromatic heterocycles. The highest BCUT2D eigenvalue weighted by atomic mass is 16.5. The summed E-state index contributed by atoms with van der Waals surface area (Å²) in [6.07, 6.45) is 72.2. The molecule has 3 atom stereocenters. The molecule has 3 unspecified atom stereocenters. The van der Waals surface area contributed by atoms with Gasteiger partial charge in [-0.2, -0.15) is 0 Å². The molecule has 0 spiro atoms. The zero-order valence-corrected chi connectivity index (χ0v) is 41.6. The average molecular weight is 898 g/mol. The highest BCUT2D eigenvalue weighted by molar-refractivity contribution is 5.77. The van der Waals surface area contributed by atoms with Crippen LogP contribution in [-0.4, -0.2) is 46.9 Å². The van der Waals surface area contributed by atoms with Gasteiger partial charge >= 0.3 is 5.97 Å². The lowest BCUT2D eigenvalue weighted by Gasteiger charge is -2.24. The monoisotopic (exact) mass is 898 g/mol. The molecule has 0 saturated heterocycles. The predicted octanol–water partition coefficient (Wildman–Crippen LogP) is 15.8. The SMILES string of the molecule is CC\C=C/C=C/C=C/C=C\C=C\C=C\CCCC(CC(=O)NC(CO)C(O)CCCCCCCCCCCCCCC)OC(=O)CCCCCCC/C=C/C=C/C=C/C=C/C=C/CCC. The maximum Gasteiger partial charge on any atom is 0.306 e. The van der Waals surface area contributed by atoms with E-state index in [0.717, 1.165) is 83.5 Å². The molecule has 0 heterocycles. The highest BCUT2D eigenvalue weighted by Gasteiger charge is 2.24. The number of hydrogen-bond acceptors (Lipinski definition) is 5. The predicted molar refractivity (Wildman–Crippen MR) is 282 cm³/mol. The third-order valence-corrected chi connectivity index (χ3v) is 11.0. The first-order valence-corrected chi connectivity index (χ1v) is 26.1. The van der Waals surface area contributed by atoms with E-state index in [2.05, 4.69) is 74.7 Å². The van der Waals surface area contributed by atoms with E-state index < -0.39 is 18.2 Å². The second-order valence-electron chi connectivity index (χ2n) is 17.1. The fourth-order valence-electron chi connectivity index (χ4n) is 7.08. The van der Waals surface area contributed by atoms with Crippen molar-refractivity contribution in [1.82, 2.24) is 5.32 Å². The summed E-state index contributed by atoms with van der Waals surface area (Å²) < 4.78 is 5.89. The summed E-state index contributed by atoms with van der Waals surface area (Å²) in [6, 6.07) is -0.741. The molecular formula is C59H95NO5. The van der Waals surface area contributed by atoms with Crippen LogP contribution < -0.4 is 5.32 Å². The Morgan fingerprint density at radius 1 is 0.462 bits per heavy atom. The number of rotatable bonds is 44. The van der Waals surface area contributed by atoms with Crippen molar-refractivity contribution in [2.45, 2.75) is 219 Å². The van der Waals surface area contributed by atoms with Crippen molar-refractivity contribution in [2.24, 2.45) is 0 Å². The van der Waals surface area contributed by atoms with Crippen molar-refractivity contribution in [2.75, 3.05) is 6.61 Å². The number of aliphatic hydroxyl groups is 2. The first-order chi connectivity index (χ1) is 32.0. The van der Waals surface area contributed by atoms with Gasteiger partial charge in [-0.15, -0.1) is 0 Å². The zero-order valence-electron chi connectivity index (χ0n) is 41.6. The molecule has 0 bridgehead atoms. The number of allylic oxidation sites excluding steroid dienone is 22. The van der Waals surface area contributed by atoms with Gasteiger partial charge in [-0.3, -0.25) is 9.59 Å². The third kappa shape index (κ3) is 46.3. The second-order valence-corrected chi connectivity index (χ2v) is 17.1. The third-order valence-electron chi connectivity index (χ3n) is 11.0. The van der Waals surface area contributed by atoms with Crippen LogP contribution in [0.2, 0.25) is 0 Å². The highest BCUT2D eigenvalue weighted by Crippen LogP contribution is 2.16. The van der Waals surface area contributed by atoms with E-state index in [1.165, 1.54) is 70.6 Å². The van der Waals surface area contributed by atoms with E-state index in [1.54, 1.807) is 0 Å². The maximum atomic E-state index is 13.2. The Bertz CT molecular complexity index is 1420. The number of hydrogen-bond donors (Lipinski definition) is 3. The first-order valence-electron chi connectivity index (χ1n) is 26.1. The molecule has 3 N–H and O–H groups in total. The molecule has 0 aliphatic heterocycles. The van der Waals surface area contributed by atoms with E-state index in [-0.39, 0.29) is 24.9 Å². The van der Waals surface area contributed by atoms with Gasteiger partial charge in [0.15, 0.2) is 0 Å². The van der Waals surface area contributed by atoms with E-state index >= 15 is 0 Å². The van der Waals surface area contributed by atoms with Gasteiger partial charge in [-0.25, -0.2) is 0 Å². The Hall–Kier alpha value is -4.00. The number of nitrogens with one attached hydrogen (secondary N) is 1. The Labute approximate surface area is 399 Å². The van der Waals surface area contributed by atoms with Crippen molar-refractivity contribution in [3.05, 3.63) is 134 Å². The molecule has 0 aliphatic rings. The second kappa shape index (κ2) is 51.0. The van der Waals surface area contributed by atoms with Crippen molar-refractivity contribution >= 4 is 11.9 Å². The van der Waals surface area contributed by atoms with Crippen LogP contribution in [-0.2, 0) is 14.3 Å². The standard InChI is InChI=1S/C59H95NO5/c1-4-7-10-13-16-19-22-25-27-28-29-31-34-37-40-43-46-49-52-59(64)65-55(50-47-44-41-38-35-33-30-26-23-20-17-14-11-8-5-2)53-58(63)60-56(54-61)57(62)51-48-45-42-39-36-32-24-21-18-15-12-9-6-3/h8,10-11,13-14,16-17,19-20,22-23,25-31,33,35,38,41,55-57,61-62H,4-7,9,12,15,18,21,24,32,34,36-37,39-40,42-54H2,1-3H3,(H,60,63)/b11-8-,13-10+,17-14+,19-16+,23-20+,25-22+,28-27+,30-26-,31-29+,35-33+,41-38+.